The predicted molar refractivity (Wildman–Crippen MR) is 76.9 cm³/mol. The third-order valence-electron chi connectivity index (χ3n) is 3.51. The van der Waals surface area contributed by atoms with Crippen molar-refractivity contribution in [1.82, 2.24) is 14.5 Å². The van der Waals surface area contributed by atoms with Crippen molar-refractivity contribution < 1.29 is 0 Å². The molecule has 0 amide bonds. The summed E-state index contributed by atoms with van der Waals surface area (Å²) in [6, 6.07) is 10.2. The van der Waals surface area contributed by atoms with E-state index in [0.717, 1.165) is 11.0 Å². The van der Waals surface area contributed by atoms with Gasteiger partial charge in [0.15, 0.2) is 0 Å². The maximum absolute atomic E-state index is 6.10. The third-order valence-corrected chi connectivity index (χ3v) is 3.51. The minimum absolute atomic E-state index is 0.133. The molecule has 1 aromatic carbocycles. The minimum atomic E-state index is 0.133. The van der Waals surface area contributed by atoms with Gasteiger partial charge < -0.3 is 10.3 Å². The van der Waals surface area contributed by atoms with Gasteiger partial charge in [0.2, 0.25) is 5.95 Å². The number of nitrogens with zero attached hydrogens (tertiary/aromatic N) is 3. The Morgan fingerprint density at radius 1 is 1.16 bits per heavy atom. The molecule has 2 heterocycles. The second-order valence-electron chi connectivity index (χ2n) is 4.74. The van der Waals surface area contributed by atoms with Crippen LogP contribution in [0.3, 0.4) is 0 Å². The maximum Gasteiger partial charge on any atom is 0.201 e. The highest BCUT2D eigenvalue weighted by Crippen LogP contribution is 2.28. The van der Waals surface area contributed by atoms with Crippen LogP contribution in [0.1, 0.15) is 24.1 Å². The summed E-state index contributed by atoms with van der Waals surface area (Å²) < 4.78 is 2.08. The summed E-state index contributed by atoms with van der Waals surface area (Å²) in [5, 5.41) is 0. The average molecular weight is 252 g/mol. The maximum atomic E-state index is 6.10. The summed E-state index contributed by atoms with van der Waals surface area (Å²) in [7, 11) is 0. The van der Waals surface area contributed by atoms with E-state index >= 15 is 0 Å². The minimum Gasteiger partial charge on any atom is -0.369 e. The number of anilines is 1. The van der Waals surface area contributed by atoms with Crippen molar-refractivity contribution in [2.75, 3.05) is 5.73 Å². The van der Waals surface area contributed by atoms with Crippen molar-refractivity contribution in [2.45, 2.75) is 19.9 Å². The number of benzene rings is 1. The van der Waals surface area contributed by atoms with E-state index in [-0.39, 0.29) is 6.04 Å². The van der Waals surface area contributed by atoms with E-state index in [9.17, 15) is 0 Å². The molecule has 0 aliphatic carbocycles. The fourth-order valence-corrected chi connectivity index (χ4v) is 2.52. The monoisotopic (exact) mass is 252 g/mol. The van der Waals surface area contributed by atoms with Gasteiger partial charge in [0.05, 0.1) is 17.1 Å². The smallest absolute Gasteiger partial charge is 0.201 e. The van der Waals surface area contributed by atoms with Crippen molar-refractivity contribution in [2.24, 2.45) is 0 Å². The fourth-order valence-electron chi connectivity index (χ4n) is 2.52. The van der Waals surface area contributed by atoms with Gasteiger partial charge in [-0.2, -0.15) is 0 Å². The van der Waals surface area contributed by atoms with E-state index < -0.39 is 0 Å². The van der Waals surface area contributed by atoms with E-state index in [2.05, 4.69) is 34.4 Å². The normalized spacial score (nSPS) is 12.7. The number of aryl methyl sites for hydroxylation is 1. The van der Waals surface area contributed by atoms with Crippen LogP contribution in [-0.4, -0.2) is 14.5 Å². The number of nitrogen functional groups attached to an aromatic ring is 1. The molecule has 96 valence electrons. The number of rotatable bonds is 2. The van der Waals surface area contributed by atoms with E-state index in [1.807, 2.05) is 24.3 Å². The summed E-state index contributed by atoms with van der Waals surface area (Å²) in [4.78, 5) is 8.50. The van der Waals surface area contributed by atoms with Crippen molar-refractivity contribution in [1.29, 1.82) is 0 Å². The highest BCUT2D eigenvalue weighted by atomic mass is 15.2. The SMILES string of the molecule is Cc1cccc2nc(N)n(C(C)c3ccncc3)c12. The number of imidazole rings is 1. The molecule has 0 radical (unpaired) electrons. The second-order valence-corrected chi connectivity index (χ2v) is 4.74. The molecule has 0 fully saturated rings. The second kappa shape index (κ2) is 4.39. The van der Waals surface area contributed by atoms with Gasteiger partial charge in [-0.1, -0.05) is 12.1 Å². The molecule has 4 heteroatoms. The highest BCUT2D eigenvalue weighted by molar-refractivity contribution is 5.81. The Labute approximate surface area is 111 Å². The van der Waals surface area contributed by atoms with Gasteiger partial charge >= 0.3 is 0 Å². The number of nitrogens with two attached hydrogens (primary N) is 1. The number of pyridine rings is 1. The van der Waals surface area contributed by atoms with Crippen LogP contribution in [-0.2, 0) is 0 Å². The number of hydrogen-bond donors (Lipinski definition) is 1. The Kier molecular flexibility index (Phi) is 2.71. The lowest BCUT2D eigenvalue weighted by Gasteiger charge is -2.17. The van der Waals surface area contributed by atoms with Crippen LogP contribution in [0.5, 0.6) is 0 Å². The number of fused-ring (bicyclic) bond motifs is 1. The van der Waals surface area contributed by atoms with E-state index in [0.29, 0.717) is 5.95 Å². The van der Waals surface area contributed by atoms with Crippen molar-refractivity contribution in [3.63, 3.8) is 0 Å². The molecule has 0 bridgehead atoms. The van der Waals surface area contributed by atoms with Crippen molar-refractivity contribution in [3.8, 4) is 0 Å². The standard InChI is InChI=1S/C15H16N4/c1-10-4-3-5-13-14(10)19(15(16)18-13)11(2)12-6-8-17-9-7-12/h3-9,11H,1-2H3,(H2,16,18). The summed E-state index contributed by atoms with van der Waals surface area (Å²) in [5.74, 6) is 0.550. The Balaban J connectivity index is 2.23. The number of hydrogen-bond acceptors (Lipinski definition) is 3. The quantitative estimate of drug-likeness (QED) is 0.763. The molecular formula is C15H16N4. The van der Waals surface area contributed by atoms with Crippen LogP contribution in [0.15, 0.2) is 42.7 Å². The molecule has 0 saturated heterocycles. The zero-order valence-corrected chi connectivity index (χ0v) is 11.0. The molecule has 2 aromatic heterocycles. The molecule has 1 atom stereocenters. The Bertz CT molecular complexity index is 716. The van der Waals surface area contributed by atoms with E-state index in [1.165, 1.54) is 11.1 Å². The lowest BCUT2D eigenvalue weighted by atomic mass is 10.1. The summed E-state index contributed by atoms with van der Waals surface area (Å²) in [5.41, 5.74) is 10.5. The fraction of sp³-hybridized carbons (Fsp3) is 0.200. The zero-order valence-electron chi connectivity index (χ0n) is 11.0. The average Bonchev–Trinajstić information content (AvgIpc) is 2.76. The van der Waals surface area contributed by atoms with E-state index in [4.69, 9.17) is 5.73 Å². The van der Waals surface area contributed by atoms with Gasteiger partial charge in [0.1, 0.15) is 0 Å². The molecule has 0 saturated carbocycles. The van der Waals surface area contributed by atoms with Crippen molar-refractivity contribution in [3.05, 3.63) is 53.9 Å². The molecule has 0 spiro atoms. The predicted octanol–water partition coefficient (Wildman–Crippen LogP) is 2.93. The molecule has 3 aromatic rings. The summed E-state index contributed by atoms with van der Waals surface area (Å²) in [6.07, 6.45) is 3.60. The largest absolute Gasteiger partial charge is 0.369 e. The zero-order chi connectivity index (χ0) is 13.4. The van der Waals surface area contributed by atoms with Gasteiger partial charge in [-0.15, -0.1) is 0 Å². The first-order chi connectivity index (χ1) is 9.18. The third kappa shape index (κ3) is 1.85. The van der Waals surface area contributed by atoms with Crippen LogP contribution in [0.4, 0.5) is 5.95 Å². The molecule has 0 aliphatic rings. The van der Waals surface area contributed by atoms with Crippen LogP contribution in [0, 0.1) is 6.92 Å². The van der Waals surface area contributed by atoms with Gasteiger partial charge in [0.25, 0.3) is 0 Å². The first-order valence-corrected chi connectivity index (χ1v) is 6.31. The lowest BCUT2D eigenvalue weighted by Crippen LogP contribution is -2.10. The lowest BCUT2D eigenvalue weighted by molar-refractivity contribution is 0.665. The summed E-state index contributed by atoms with van der Waals surface area (Å²) >= 11 is 0. The van der Waals surface area contributed by atoms with Crippen LogP contribution < -0.4 is 5.73 Å². The first kappa shape index (κ1) is 11.7. The molecule has 2 N–H and O–H groups in total. The van der Waals surface area contributed by atoms with Crippen LogP contribution in [0.25, 0.3) is 11.0 Å². The molecule has 0 aliphatic heterocycles. The topological polar surface area (TPSA) is 56.7 Å². The molecule has 3 rings (SSSR count). The Morgan fingerprint density at radius 2 is 1.89 bits per heavy atom. The molecular weight excluding hydrogens is 236 g/mol. The van der Waals surface area contributed by atoms with Crippen molar-refractivity contribution >= 4 is 17.0 Å². The number of para-hydroxylation sites is 1. The Hall–Kier alpha value is -2.36. The van der Waals surface area contributed by atoms with Gasteiger partial charge in [-0.25, -0.2) is 4.98 Å². The molecule has 4 nitrogen and oxygen atoms in total. The number of aromatic nitrogens is 3. The molecule has 1 unspecified atom stereocenters. The van der Waals surface area contributed by atoms with Crippen LogP contribution in [0.2, 0.25) is 0 Å². The van der Waals surface area contributed by atoms with Crippen LogP contribution >= 0.6 is 0 Å². The van der Waals surface area contributed by atoms with Gasteiger partial charge in [-0.05, 0) is 43.2 Å². The van der Waals surface area contributed by atoms with E-state index in [1.54, 1.807) is 12.4 Å². The highest BCUT2D eigenvalue weighted by Gasteiger charge is 2.16. The Morgan fingerprint density at radius 3 is 2.63 bits per heavy atom. The molecule has 19 heavy (non-hydrogen) atoms. The van der Waals surface area contributed by atoms with Gasteiger partial charge in [0, 0.05) is 12.4 Å². The summed E-state index contributed by atoms with van der Waals surface area (Å²) in [6.45, 7) is 4.21. The van der Waals surface area contributed by atoms with Gasteiger partial charge in [-0.3, -0.25) is 4.98 Å². The first-order valence-electron chi connectivity index (χ1n) is 6.31.